The van der Waals surface area contributed by atoms with Crippen LogP contribution >= 0.6 is 0 Å². The Bertz CT molecular complexity index is 383. The fraction of sp³-hybridized carbons (Fsp3) is 0.300. The summed E-state index contributed by atoms with van der Waals surface area (Å²) in [5.74, 6) is -0.984. The molecule has 0 spiro atoms. The molecule has 0 aliphatic rings. The molecule has 0 bridgehead atoms. The van der Waals surface area contributed by atoms with Crippen molar-refractivity contribution >= 4 is 5.91 Å². The minimum atomic E-state index is -0.628. The Hall–Kier alpha value is -1.96. The Morgan fingerprint density at radius 2 is 2.47 bits per heavy atom. The predicted molar refractivity (Wildman–Crippen MR) is 51.4 cm³/mol. The Morgan fingerprint density at radius 1 is 1.73 bits per heavy atom. The van der Waals surface area contributed by atoms with Gasteiger partial charge in [-0.05, 0) is 19.1 Å². The fourth-order valence-electron chi connectivity index (χ4n) is 1.01. The third kappa shape index (κ3) is 3.35. The van der Waals surface area contributed by atoms with E-state index < -0.39 is 5.95 Å². The second kappa shape index (κ2) is 5.05. The predicted octanol–water partition coefficient (Wildman–Crippen LogP) is 1.25. The van der Waals surface area contributed by atoms with Crippen LogP contribution in [0, 0.1) is 17.3 Å². The van der Waals surface area contributed by atoms with Crippen LogP contribution in [-0.4, -0.2) is 16.9 Å². The summed E-state index contributed by atoms with van der Waals surface area (Å²) in [7, 11) is 0. The van der Waals surface area contributed by atoms with E-state index in [0.29, 0.717) is 0 Å². The molecule has 15 heavy (non-hydrogen) atoms. The summed E-state index contributed by atoms with van der Waals surface area (Å²) in [5, 5.41) is 11.0. The number of aromatic nitrogens is 1. The van der Waals surface area contributed by atoms with Gasteiger partial charge in [0.25, 0.3) is 5.91 Å². The maximum atomic E-state index is 12.4. The van der Waals surface area contributed by atoms with E-state index in [-0.39, 0.29) is 23.9 Å². The van der Waals surface area contributed by atoms with Gasteiger partial charge in [-0.1, -0.05) is 0 Å². The Morgan fingerprint density at radius 3 is 3.00 bits per heavy atom. The number of hydrogen-bond acceptors (Lipinski definition) is 3. The van der Waals surface area contributed by atoms with Crippen LogP contribution in [0.25, 0.3) is 0 Å². The van der Waals surface area contributed by atoms with Crippen molar-refractivity contribution in [3.05, 3.63) is 29.8 Å². The van der Waals surface area contributed by atoms with Gasteiger partial charge in [-0.15, -0.1) is 0 Å². The average molecular weight is 207 g/mol. The van der Waals surface area contributed by atoms with Gasteiger partial charge in [0.2, 0.25) is 5.95 Å². The number of rotatable bonds is 3. The first-order valence-electron chi connectivity index (χ1n) is 4.43. The zero-order valence-corrected chi connectivity index (χ0v) is 8.20. The van der Waals surface area contributed by atoms with Crippen LogP contribution in [0.5, 0.6) is 0 Å². The molecule has 0 saturated carbocycles. The molecule has 0 radical (unpaired) electrons. The lowest BCUT2D eigenvalue weighted by Gasteiger charge is -2.09. The topological polar surface area (TPSA) is 65.8 Å². The summed E-state index contributed by atoms with van der Waals surface area (Å²) >= 11 is 0. The molecule has 1 N–H and O–H groups in total. The standard InChI is InChI=1S/C10H10FN3O/c1-7(4-5-12)14-10(15)8-2-3-9(11)13-6-8/h2-3,6-7H,4H2,1H3,(H,14,15). The number of nitrogens with zero attached hydrogens (tertiary/aromatic N) is 2. The van der Waals surface area contributed by atoms with Crippen molar-refractivity contribution < 1.29 is 9.18 Å². The van der Waals surface area contributed by atoms with E-state index in [0.717, 1.165) is 12.3 Å². The smallest absolute Gasteiger partial charge is 0.253 e. The monoisotopic (exact) mass is 207 g/mol. The lowest BCUT2D eigenvalue weighted by atomic mass is 10.2. The lowest BCUT2D eigenvalue weighted by Crippen LogP contribution is -2.32. The number of hydrogen-bond donors (Lipinski definition) is 1. The molecule has 1 aromatic heterocycles. The molecule has 0 saturated heterocycles. The quantitative estimate of drug-likeness (QED) is 0.758. The average Bonchev–Trinajstić information content (AvgIpc) is 2.18. The Balaban J connectivity index is 2.62. The van der Waals surface area contributed by atoms with Crippen LogP contribution in [0.4, 0.5) is 4.39 Å². The number of nitrogens with one attached hydrogen (secondary N) is 1. The highest BCUT2D eigenvalue weighted by Gasteiger charge is 2.09. The van der Waals surface area contributed by atoms with Gasteiger partial charge in [-0.2, -0.15) is 9.65 Å². The molecule has 1 atom stereocenters. The normalized spacial score (nSPS) is 11.5. The summed E-state index contributed by atoms with van der Waals surface area (Å²) in [4.78, 5) is 14.8. The van der Waals surface area contributed by atoms with Gasteiger partial charge >= 0.3 is 0 Å². The van der Waals surface area contributed by atoms with Crippen molar-refractivity contribution in [2.24, 2.45) is 0 Å². The van der Waals surface area contributed by atoms with Crippen molar-refractivity contribution in [2.75, 3.05) is 0 Å². The van der Waals surface area contributed by atoms with E-state index in [4.69, 9.17) is 5.26 Å². The van der Waals surface area contributed by atoms with E-state index in [1.165, 1.54) is 6.07 Å². The van der Waals surface area contributed by atoms with Gasteiger partial charge in [0.1, 0.15) is 0 Å². The molecule has 78 valence electrons. The molecule has 0 fully saturated rings. The third-order valence-corrected chi connectivity index (χ3v) is 1.76. The van der Waals surface area contributed by atoms with Crippen molar-refractivity contribution in [3.63, 3.8) is 0 Å². The lowest BCUT2D eigenvalue weighted by molar-refractivity contribution is 0.0940. The van der Waals surface area contributed by atoms with E-state index in [9.17, 15) is 9.18 Å². The zero-order valence-electron chi connectivity index (χ0n) is 8.20. The van der Waals surface area contributed by atoms with Gasteiger partial charge in [-0.25, -0.2) is 4.98 Å². The molecular formula is C10H10FN3O. The summed E-state index contributed by atoms with van der Waals surface area (Å²) < 4.78 is 12.4. The molecule has 1 heterocycles. The zero-order chi connectivity index (χ0) is 11.3. The van der Waals surface area contributed by atoms with Crippen LogP contribution in [0.15, 0.2) is 18.3 Å². The molecule has 0 aliphatic carbocycles. The second-order valence-corrected chi connectivity index (χ2v) is 3.11. The summed E-state index contributed by atoms with van der Waals surface area (Å²) in [5.41, 5.74) is 0.279. The molecule has 1 amide bonds. The van der Waals surface area contributed by atoms with Crippen molar-refractivity contribution in [1.29, 1.82) is 5.26 Å². The number of carbonyl (C=O) groups is 1. The van der Waals surface area contributed by atoms with Gasteiger partial charge in [0.05, 0.1) is 18.1 Å². The maximum absolute atomic E-state index is 12.4. The van der Waals surface area contributed by atoms with Gasteiger partial charge < -0.3 is 5.32 Å². The third-order valence-electron chi connectivity index (χ3n) is 1.76. The highest BCUT2D eigenvalue weighted by Crippen LogP contribution is 2.00. The van der Waals surface area contributed by atoms with Crippen LogP contribution in [-0.2, 0) is 0 Å². The van der Waals surface area contributed by atoms with Crippen LogP contribution in [0.2, 0.25) is 0 Å². The van der Waals surface area contributed by atoms with E-state index in [1.807, 2.05) is 6.07 Å². The SMILES string of the molecule is CC(CC#N)NC(=O)c1ccc(F)nc1. The van der Waals surface area contributed by atoms with E-state index in [2.05, 4.69) is 10.3 Å². The number of amides is 1. The number of halogens is 1. The Labute approximate surface area is 86.7 Å². The minimum absolute atomic E-state index is 0.229. The maximum Gasteiger partial charge on any atom is 0.253 e. The highest BCUT2D eigenvalue weighted by atomic mass is 19.1. The molecule has 1 rings (SSSR count). The number of pyridine rings is 1. The van der Waals surface area contributed by atoms with Crippen molar-refractivity contribution in [2.45, 2.75) is 19.4 Å². The molecule has 5 heteroatoms. The van der Waals surface area contributed by atoms with Gasteiger partial charge in [0, 0.05) is 12.2 Å². The van der Waals surface area contributed by atoms with E-state index in [1.54, 1.807) is 6.92 Å². The molecule has 1 unspecified atom stereocenters. The Kier molecular flexibility index (Phi) is 3.75. The minimum Gasteiger partial charge on any atom is -0.349 e. The van der Waals surface area contributed by atoms with Gasteiger partial charge in [0.15, 0.2) is 0 Å². The first kappa shape index (κ1) is 11.1. The van der Waals surface area contributed by atoms with Crippen molar-refractivity contribution in [3.8, 4) is 6.07 Å². The first-order valence-corrected chi connectivity index (χ1v) is 4.43. The first-order chi connectivity index (χ1) is 7.13. The fourth-order valence-corrected chi connectivity index (χ4v) is 1.01. The summed E-state index contributed by atoms with van der Waals surface area (Å²) in [6.45, 7) is 1.72. The molecule has 1 aromatic rings. The van der Waals surface area contributed by atoms with Crippen LogP contribution < -0.4 is 5.32 Å². The van der Waals surface area contributed by atoms with E-state index >= 15 is 0 Å². The van der Waals surface area contributed by atoms with Crippen molar-refractivity contribution in [1.82, 2.24) is 10.3 Å². The summed E-state index contributed by atoms with van der Waals surface area (Å²) in [6.07, 6.45) is 1.39. The molecule has 0 aromatic carbocycles. The molecular weight excluding hydrogens is 197 g/mol. The van der Waals surface area contributed by atoms with Crippen LogP contribution in [0.1, 0.15) is 23.7 Å². The molecule has 4 nitrogen and oxygen atoms in total. The van der Waals surface area contributed by atoms with Gasteiger partial charge in [-0.3, -0.25) is 4.79 Å². The van der Waals surface area contributed by atoms with Crippen LogP contribution in [0.3, 0.4) is 0 Å². The largest absolute Gasteiger partial charge is 0.349 e. The molecule has 0 aliphatic heterocycles. The summed E-state index contributed by atoms with van der Waals surface area (Å²) in [6, 6.07) is 4.17. The highest BCUT2D eigenvalue weighted by molar-refractivity contribution is 5.93. The second-order valence-electron chi connectivity index (χ2n) is 3.11. The number of carbonyl (C=O) groups excluding carboxylic acids is 1. The number of nitriles is 1.